The fraction of sp³-hybridized carbons (Fsp3) is 0.650. The number of rotatable bonds is 13. The first-order chi connectivity index (χ1) is 14.1. The highest BCUT2D eigenvalue weighted by Gasteiger charge is 2.17. The lowest BCUT2D eigenvalue weighted by molar-refractivity contribution is -0.683. The van der Waals surface area contributed by atoms with Crippen molar-refractivity contribution in [3.8, 4) is 0 Å². The van der Waals surface area contributed by atoms with Gasteiger partial charge in [-0.2, -0.15) is 5.10 Å². The minimum atomic E-state index is -0.0133. The number of amides is 1. The summed E-state index contributed by atoms with van der Waals surface area (Å²) in [5, 5.41) is 16.0. The van der Waals surface area contributed by atoms with E-state index in [2.05, 4.69) is 39.1 Å². The summed E-state index contributed by atoms with van der Waals surface area (Å²) in [4.78, 5) is 11.0. The van der Waals surface area contributed by atoms with E-state index in [1.165, 1.54) is 26.2 Å². The van der Waals surface area contributed by atoms with Crippen molar-refractivity contribution in [1.82, 2.24) is 19.7 Å². The second kappa shape index (κ2) is 12.0. The summed E-state index contributed by atoms with van der Waals surface area (Å²) in [6.45, 7) is 8.89. The summed E-state index contributed by atoms with van der Waals surface area (Å²) in [6.07, 6.45) is 12.2. The first kappa shape index (κ1) is 22.6. The smallest absolute Gasteiger partial charge is 0.382 e. The van der Waals surface area contributed by atoms with Crippen LogP contribution in [-0.2, 0) is 24.4 Å². The van der Waals surface area contributed by atoms with E-state index in [0.29, 0.717) is 18.1 Å². The molecule has 2 rings (SSSR count). The van der Waals surface area contributed by atoms with E-state index in [4.69, 9.17) is 5.73 Å². The molecule has 0 aliphatic rings. The lowest BCUT2D eigenvalue weighted by Crippen LogP contribution is -2.31. The van der Waals surface area contributed by atoms with Crippen molar-refractivity contribution in [2.45, 2.75) is 78.9 Å². The van der Waals surface area contributed by atoms with Gasteiger partial charge in [0.15, 0.2) is 11.5 Å². The zero-order valence-electron chi connectivity index (χ0n) is 18.0. The molecule has 0 atom stereocenters. The molecule has 0 spiro atoms. The van der Waals surface area contributed by atoms with Crippen LogP contribution in [0.3, 0.4) is 0 Å². The predicted octanol–water partition coefficient (Wildman–Crippen LogP) is 3.49. The van der Waals surface area contributed by atoms with E-state index in [0.717, 1.165) is 44.8 Å². The van der Waals surface area contributed by atoms with E-state index in [1.807, 2.05) is 17.0 Å². The number of aryl methyl sites for hydroxylation is 3. The minimum absolute atomic E-state index is 0.0133. The van der Waals surface area contributed by atoms with Gasteiger partial charge in [0.05, 0.1) is 31.7 Å². The Kier molecular flexibility index (Phi) is 9.33. The number of aromatic nitrogens is 4. The number of imidazole rings is 1. The molecule has 29 heavy (non-hydrogen) atoms. The summed E-state index contributed by atoms with van der Waals surface area (Å²) < 4.78 is 5.93. The number of hydrogen-bond donors (Lipinski definition) is 2. The largest absolute Gasteiger partial charge is 0.421 e. The number of azo groups is 1. The number of nitrogens with zero attached hydrogens (tertiary/aromatic N) is 6. The number of anilines is 1. The molecule has 9 heteroatoms. The molecule has 2 aromatic heterocycles. The monoisotopic (exact) mass is 403 g/mol. The van der Waals surface area contributed by atoms with Gasteiger partial charge in [-0.05, 0) is 19.3 Å². The van der Waals surface area contributed by atoms with Crippen LogP contribution in [-0.4, -0.2) is 26.8 Å². The van der Waals surface area contributed by atoms with Gasteiger partial charge in [-0.3, -0.25) is 4.79 Å². The van der Waals surface area contributed by atoms with Crippen LogP contribution in [0.1, 0.15) is 59.3 Å². The maximum atomic E-state index is 11.0. The third kappa shape index (κ3) is 6.99. The maximum absolute atomic E-state index is 11.0. The number of nitrogens with one attached hydrogen (secondary N) is 1. The van der Waals surface area contributed by atoms with E-state index < -0.39 is 0 Å². The maximum Gasteiger partial charge on any atom is 0.421 e. The molecule has 0 bridgehead atoms. The molecule has 0 aliphatic heterocycles. The number of nitrogens with two attached hydrogens (primary N) is 1. The van der Waals surface area contributed by atoms with Crippen LogP contribution in [0, 0.1) is 0 Å². The van der Waals surface area contributed by atoms with Crippen LogP contribution in [0.25, 0.3) is 0 Å². The van der Waals surface area contributed by atoms with Gasteiger partial charge in [0, 0.05) is 25.1 Å². The lowest BCUT2D eigenvalue weighted by Gasteiger charge is -2.03. The topological polar surface area (TPSA) is 106 Å². The first-order valence-electron chi connectivity index (χ1n) is 10.6. The standard InChI is InChI=1S/C20H34N8O/c1-4-6-7-8-13-28-19(21)18(16-23-28)24-25-20-26(11-5-2)14-15-27(20)12-9-10-22-17(3)29/h14-16,21H,4-13H2,1-3H3,(H,22,29)/p+1. The van der Waals surface area contributed by atoms with Crippen LogP contribution in [0.2, 0.25) is 0 Å². The Bertz CT molecular complexity index is 793. The lowest BCUT2D eigenvalue weighted by atomic mass is 10.2. The Labute approximate surface area is 173 Å². The van der Waals surface area contributed by atoms with Crippen LogP contribution in [0.4, 0.5) is 17.5 Å². The van der Waals surface area contributed by atoms with Crippen LogP contribution in [0.15, 0.2) is 28.8 Å². The Balaban J connectivity index is 2.07. The van der Waals surface area contributed by atoms with Gasteiger partial charge in [-0.25, -0.2) is 13.8 Å². The summed E-state index contributed by atoms with van der Waals surface area (Å²) >= 11 is 0. The van der Waals surface area contributed by atoms with Crippen molar-refractivity contribution in [1.29, 1.82) is 0 Å². The zero-order chi connectivity index (χ0) is 21.1. The fourth-order valence-electron chi connectivity index (χ4n) is 3.11. The molecule has 2 aromatic rings. The average Bonchev–Trinajstić information content (AvgIpc) is 3.24. The van der Waals surface area contributed by atoms with Gasteiger partial charge in [0.1, 0.15) is 0 Å². The number of carbonyl (C=O) groups excluding carboxylic acids is 1. The van der Waals surface area contributed by atoms with E-state index in [-0.39, 0.29) is 5.91 Å². The van der Waals surface area contributed by atoms with Crippen LogP contribution in [0.5, 0.6) is 0 Å². The quantitative estimate of drug-likeness (QED) is 0.304. The van der Waals surface area contributed by atoms with Gasteiger partial charge in [0.2, 0.25) is 5.91 Å². The number of carbonyl (C=O) groups is 1. The van der Waals surface area contributed by atoms with Crippen molar-refractivity contribution in [3.63, 3.8) is 0 Å². The number of hydrogen-bond acceptors (Lipinski definition) is 5. The third-order valence-electron chi connectivity index (χ3n) is 4.69. The van der Waals surface area contributed by atoms with Crippen molar-refractivity contribution in [2.24, 2.45) is 10.2 Å². The summed E-state index contributed by atoms with van der Waals surface area (Å²) in [5.41, 5.74) is 6.80. The van der Waals surface area contributed by atoms with Crippen LogP contribution < -0.4 is 15.6 Å². The molecule has 0 unspecified atom stereocenters. The molecule has 0 aromatic carbocycles. The van der Waals surface area contributed by atoms with E-state index in [9.17, 15) is 4.79 Å². The summed E-state index contributed by atoms with van der Waals surface area (Å²) in [7, 11) is 0. The average molecular weight is 404 g/mol. The van der Waals surface area contributed by atoms with Gasteiger partial charge in [-0.15, -0.1) is 0 Å². The first-order valence-corrected chi connectivity index (χ1v) is 10.6. The molecule has 160 valence electrons. The third-order valence-corrected chi connectivity index (χ3v) is 4.69. The summed E-state index contributed by atoms with van der Waals surface area (Å²) in [5.74, 6) is 1.31. The van der Waals surface area contributed by atoms with Gasteiger partial charge < -0.3 is 11.1 Å². The highest BCUT2D eigenvalue weighted by molar-refractivity contribution is 5.72. The zero-order valence-corrected chi connectivity index (χ0v) is 18.0. The molecule has 0 saturated carbocycles. The Hall–Kier alpha value is -2.71. The molecule has 3 N–H and O–H groups in total. The minimum Gasteiger partial charge on any atom is -0.382 e. The van der Waals surface area contributed by atoms with Crippen molar-refractivity contribution in [2.75, 3.05) is 12.3 Å². The van der Waals surface area contributed by atoms with Crippen molar-refractivity contribution in [3.05, 3.63) is 18.6 Å². The molecular weight excluding hydrogens is 368 g/mol. The van der Waals surface area contributed by atoms with Gasteiger partial charge >= 0.3 is 5.95 Å². The van der Waals surface area contributed by atoms with Crippen molar-refractivity contribution < 1.29 is 9.36 Å². The SMILES string of the molecule is CCCCCCn1ncc(N=Nc2n(CCCNC(C)=O)cc[n+]2CCC)c1N. The number of nitrogen functional groups attached to an aromatic ring is 1. The summed E-state index contributed by atoms with van der Waals surface area (Å²) in [6, 6.07) is 0. The number of unbranched alkanes of at least 4 members (excludes halogenated alkanes) is 3. The Morgan fingerprint density at radius 2 is 2.00 bits per heavy atom. The molecular formula is C20H35N8O+. The predicted molar refractivity (Wildman–Crippen MR) is 113 cm³/mol. The van der Waals surface area contributed by atoms with Gasteiger partial charge in [0.25, 0.3) is 0 Å². The van der Waals surface area contributed by atoms with Crippen LogP contribution >= 0.6 is 0 Å². The Morgan fingerprint density at radius 3 is 2.72 bits per heavy atom. The Morgan fingerprint density at radius 1 is 1.17 bits per heavy atom. The van der Waals surface area contributed by atoms with Crippen molar-refractivity contribution >= 4 is 23.4 Å². The molecule has 1 amide bonds. The second-order valence-electron chi connectivity index (χ2n) is 7.22. The molecule has 0 aliphatic carbocycles. The second-order valence-corrected chi connectivity index (χ2v) is 7.22. The highest BCUT2D eigenvalue weighted by atomic mass is 16.1. The molecule has 2 heterocycles. The highest BCUT2D eigenvalue weighted by Crippen LogP contribution is 2.24. The fourth-order valence-corrected chi connectivity index (χ4v) is 3.11. The molecule has 9 nitrogen and oxygen atoms in total. The molecule has 0 radical (unpaired) electrons. The normalized spacial score (nSPS) is 11.4. The van der Waals surface area contributed by atoms with Gasteiger partial charge in [-0.1, -0.05) is 38.2 Å². The molecule has 0 fully saturated rings. The molecule has 0 saturated heterocycles. The van der Waals surface area contributed by atoms with E-state index >= 15 is 0 Å². The van der Waals surface area contributed by atoms with E-state index in [1.54, 1.807) is 10.9 Å².